The molecule has 0 bridgehead atoms. The molecule has 1 aromatic carbocycles. The van der Waals surface area contributed by atoms with Gasteiger partial charge in [0, 0.05) is 32.7 Å². The van der Waals surface area contributed by atoms with Crippen molar-refractivity contribution < 1.29 is 4.79 Å². The summed E-state index contributed by atoms with van der Waals surface area (Å²) in [7, 11) is 3.47. The normalized spacial score (nSPS) is 15.5. The third-order valence-corrected chi connectivity index (χ3v) is 5.23. The summed E-state index contributed by atoms with van der Waals surface area (Å²) < 4.78 is 0. The SMILES string of the molecule is CN=C(NCCc1cccc(C(=O)NC)c1)NCC1(CC(C)C)CCC1.I. The Bertz CT molecular complexity index is 626. The highest BCUT2D eigenvalue weighted by atomic mass is 127. The van der Waals surface area contributed by atoms with Crippen LogP contribution in [0.2, 0.25) is 0 Å². The Morgan fingerprint density at radius 3 is 2.56 bits per heavy atom. The number of hydrogen-bond acceptors (Lipinski definition) is 2. The number of nitrogens with one attached hydrogen (secondary N) is 3. The number of rotatable bonds is 8. The molecule has 0 aromatic heterocycles. The molecule has 6 heteroatoms. The lowest BCUT2D eigenvalue weighted by molar-refractivity contribution is 0.0963. The minimum atomic E-state index is -0.0479. The first-order valence-corrected chi connectivity index (χ1v) is 9.73. The number of aliphatic imine (C=N–C) groups is 1. The summed E-state index contributed by atoms with van der Waals surface area (Å²) in [6.45, 7) is 6.39. The maximum absolute atomic E-state index is 11.7. The van der Waals surface area contributed by atoms with E-state index in [1.54, 1.807) is 7.05 Å². The third-order valence-electron chi connectivity index (χ3n) is 5.23. The molecule has 3 N–H and O–H groups in total. The second kappa shape index (κ2) is 11.5. The lowest BCUT2D eigenvalue weighted by Crippen LogP contribution is -2.47. The molecule has 0 radical (unpaired) electrons. The second-order valence-electron chi connectivity index (χ2n) is 7.83. The van der Waals surface area contributed by atoms with Gasteiger partial charge in [-0.3, -0.25) is 9.79 Å². The van der Waals surface area contributed by atoms with Gasteiger partial charge in [0.05, 0.1) is 0 Å². The zero-order chi connectivity index (χ0) is 19.0. The molecule has 1 aliphatic carbocycles. The molecule has 27 heavy (non-hydrogen) atoms. The summed E-state index contributed by atoms with van der Waals surface area (Å²) in [5.74, 6) is 1.55. The summed E-state index contributed by atoms with van der Waals surface area (Å²) in [5, 5.41) is 9.57. The second-order valence-corrected chi connectivity index (χ2v) is 7.83. The van der Waals surface area contributed by atoms with Gasteiger partial charge in [0.1, 0.15) is 0 Å². The molecule has 1 aromatic rings. The summed E-state index contributed by atoms with van der Waals surface area (Å²) in [4.78, 5) is 16.1. The molecule has 0 spiro atoms. The highest BCUT2D eigenvalue weighted by Crippen LogP contribution is 2.45. The highest BCUT2D eigenvalue weighted by Gasteiger charge is 2.37. The fourth-order valence-electron chi connectivity index (χ4n) is 3.83. The van der Waals surface area contributed by atoms with Gasteiger partial charge in [0.2, 0.25) is 0 Å². The van der Waals surface area contributed by atoms with E-state index in [1.807, 2.05) is 25.2 Å². The monoisotopic (exact) mass is 486 g/mol. The van der Waals surface area contributed by atoms with Crippen molar-refractivity contribution in [2.45, 2.75) is 46.0 Å². The standard InChI is InChI=1S/C21H34N4O.HI/c1-16(2)14-21(10-6-11-21)15-25-20(23-4)24-12-9-17-7-5-8-18(13-17)19(26)22-3;/h5,7-8,13,16H,6,9-12,14-15H2,1-4H3,(H,22,26)(H2,23,24,25);1H. The minimum absolute atomic E-state index is 0. The van der Waals surface area contributed by atoms with Gasteiger partial charge in [-0.2, -0.15) is 0 Å². The molecule has 0 unspecified atom stereocenters. The largest absolute Gasteiger partial charge is 0.356 e. The molecule has 1 saturated carbocycles. The summed E-state index contributed by atoms with van der Waals surface area (Å²) >= 11 is 0. The quantitative estimate of drug-likeness (QED) is 0.299. The predicted octanol–water partition coefficient (Wildman–Crippen LogP) is 3.59. The van der Waals surface area contributed by atoms with E-state index in [1.165, 1.54) is 25.7 Å². The Balaban J connectivity index is 0.00000364. The van der Waals surface area contributed by atoms with Crippen molar-refractivity contribution in [3.63, 3.8) is 0 Å². The van der Waals surface area contributed by atoms with Crippen LogP contribution in [0.5, 0.6) is 0 Å². The number of carbonyl (C=O) groups excluding carboxylic acids is 1. The van der Waals surface area contributed by atoms with E-state index < -0.39 is 0 Å². The zero-order valence-electron chi connectivity index (χ0n) is 17.1. The third kappa shape index (κ3) is 7.31. The molecular weight excluding hydrogens is 451 g/mol. The number of halogens is 1. The molecule has 2 rings (SSSR count). The van der Waals surface area contributed by atoms with Crippen molar-refractivity contribution >= 4 is 35.8 Å². The molecule has 1 aliphatic rings. The number of benzene rings is 1. The van der Waals surface area contributed by atoms with Crippen LogP contribution < -0.4 is 16.0 Å². The van der Waals surface area contributed by atoms with Gasteiger partial charge in [-0.1, -0.05) is 32.4 Å². The van der Waals surface area contributed by atoms with Crippen LogP contribution in [0.25, 0.3) is 0 Å². The van der Waals surface area contributed by atoms with Gasteiger partial charge < -0.3 is 16.0 Å². The van der Waals surface area contributed by atoms with Gasteiger partial charge in [0.15, 0.2) is 5.96 Å². The first kappa shape index (κ1) is 23.7. The molecule has 0 aliphatic heterocycles. The Morgan fingerprint density at radius 2 is 2.00 bits per heavy atom. The van der Waals surface area contributed by atoms with Crippen LogP contribution >= 0.6 is 24.0 Å². The Labute approximate surface area is 181 Å². The van der Waals surface area contributed by atoms with Crippen molar-refractivity contribution in [3.05, 3.63) is 35.4 Å². The van der Waals surface area contributed by atoms with Gasteiger partial charge >= 0.3 is 0 Å². The number of nitrogens with zero attached hydrogens (tertiary/aromatic N) is 1. The molecule has 1 fully saturated rings. The number of hydrogen-bond donors (Lipinski definition) is 3. The zero-order valence-corrected chi connectivity index (χ0v) is 19.4. The Hall–Kier alpha value is -1.31. The van der Waals surface area contributed by atoms with E-state index in [9.17, 15) is 4.79 Å². The molecule has 152 valence electrons. The summed E-state index contributed by atoms with van der Waals surface area (Å²) in [5.41, 5.74) is 2.30. The van der Waals surface area contributed by atoms with Gasteiger partial charge in [-0.25, -0.2) is 0 Å². The van der Waals surface area contributed by atoms with E-state index in [0.717, 1.165) is 37.0 Å². The van der Waals surface area contributed by atoms with Crippen LogP contribution in [-0.2, 0) is 6.42 Å². The van der Waals surface area contributed by atoms with E-state index in [4.69, 9.17) is 0 Å². The average molecular weight is 486 g/mol. The number of carbonyl (C=O) groups is 1. The molecule has 5 nitrogen and oxygen atoms in total. The maximum Gasteiger partial charge on any atom is 0.251 e. The molecule has 1 amide bonds. The fraction of sp³-hybridized carbons (Fsp3) is 0.619. The van der Waals surface area contributed by atoms with Crippen molar-refractivity contribution in [2.24, 2.45) is 16.3 Å². The van der Waals surface area contributed by atoms with E-state index >= 15 is 0 Å². The Morgan fingerprint density at radius 1 is 1.26 bits per heavy atom. The minimum Gasteiger partial charge on any atom is -0.356 e. The van der Waals surface area contributed by atoms with Crippen LogP contribution in [0.4, 0.5) is 0 Å². The molecule has 0 saturated heterocycles. The van der Waals surface area contributed by atoms with Crippen LogP contribution in [-0.4, -0.2) is 39.1 Å². The van der Waals surface area contributed by atoms with Crippen molar-refractivity contribution in [1.29, 1.82) is 0 Å². The fourth-order valence-corrected chi connectivity index (χ4v) is 3.83. The van der Waals surface area contributed by atoms with E-state index in [-0.39, 0.29) is 29.9 Å². The molecule has 0 atom stereocenters. The van der Waals surface area contributed by atoms with Crippen LogP contribution in [0.3, 0.4) is 0 Å². The number of amides is 1. The van der Waals surface area contributed by atoms with Crippen molar-refractivity contribution in [3.8, 4) is 0 Å². The lowest BCUT2D eigenvalue weighted by atomic mass is 9.64. The van der Waals surface area contributed by atoms with Gasteiger partial charge in [-0.05, 0) is 54.7 Å². The summed E-state index contributed by atoms with van der Waals surface area (Å²) in [6, 6.07) is 7.77. The van der Waals surface area contributed by atoms with Crippen molar-refractivity contribution in [2.75, 3.05) is 27.2 Å². The smallest absolute Gasteiger partial charge is 0.251 e. The molecule has 0 heterocycles. The topological polar surface area (TPSA) is 65.5 Å². The summed E-state index contributed by atoms with van der Waals surface area (Å²) in [6.07, 6.45) is 6.12. The van der Waals surface area contributed by atoms with Crippen LogP contribution in [0, 0.1) is 11.3 Å². The number of guanidine groups is 1. The van der Waals surface area contributed by atoms with Gasteiger partial charge in [-0.15, -0.1) is 24.0 Å². The highest BCUT2D eigenvalue weighted by molar-refractivity contribution is 14.0. The maximum atomic E-state index is 11.7. The van der Waals surface area contributed by atoms with E-state index in [0.29, 0.717) is 11.0 Å². The lowest BCUT2D eigenvalue weighted by Gasteiger charge is -2.43. The predicted molar refractivity (Wildman–Crippen MR) is 124 cm³/mol. The molecular formula is C21H35IN4O. The Kier molecular flexibility index (Phi) is 10.1. The van der Waals surface area contributed by atoms with Crippen LogP contribution in [0.1, 0.15) is 55.5 Å². The van der Waals surface area contributed by atoms with Crippen molar-refractivity contribution in [1.82, 2.24) is 16.0 Å². The van der Waals surface area contributed by atoms with E-state index in [2.05, 4.69) is 40.9 Å². The average Bonchev–Trinajstić information content (AvgIpc) is 2.61. The van der Waals surface area contributed by atoms with Gasteiger partial charge in [0.25, 0.3) is 5.91 Å². The first-order valence-electron chi connectivity index (χ1n) is 9.73. The first-order chi connectivity index (χ1) is 12.5. The van der Waals surface area contributed by atoms with Crippen LogP contribution in [0.15, 0.2) is 29.3 Å².